The van der Waals surface area contributed by atoms with E-state index in [0.29, 0.717) is 6.61 Å². The van der Waals surface area contributed by atoms with Crippen LogP contribution in [-0.4, -0.2) is 36.4 Å². The van der Waals surface area contributed by atoms with E-state index in [1.54, 1.807) is 6.20 Å². The first kappa shape index (κ1) is 15.4. The minimum absolute atomic E-state index is 0.00939. The van der Waals surface area contributed by atoms with Crippen LogP contribution in [0, 0.1) is 5.92 Å². The number of para-hydroxylation sites is 1. The molecule has 0 N–H and O–H groups in total. The number of ether oxygens (including phenoxy) is 3. The first-order valence-electron chi connectivity index (χ1n) is 8.53. The molecule has 5 heteroatoms. The predicted molar refractivity (Wildman–Crippen MR) is 88.8 cm³/mol. The van der Waals surface area contributed by atoms with Crippen molar-refractivity contribution >= 4 is 16.9 Å². The molecule has 1 aliphatic heterocycles. The maximum Gasteiger partial charge on any atom is 0.309 e. The maximum absolute atomic E-state index is 12.0. The molecule has 2 aromatic rings. The summed E-state index contributed by atoms with van der Waals surface area (Å²) in [6.07, 6.45) is 5.52. The van der Waals surface area contributed by atoms with Crippen molar-refractivity contribution in [3.8, 4) is 5.75 Å². The van der Waals surface area contributed by atoms with Crippen molar-refractivity contribution in [3.05, 3.63) is 36.5 Å². The minimum Gasteiger partial charge on any atom is -0.489 e. The molecule has 0 bridgehead atoms. The van der Waals surface area contributed by atoms with Crippen molar-refractivity contribution in [2.75, 3.05) is 19.8 Å². The van der Waals surface area contributed by atoms with E-state index >= 15 is 0 Å². The topological polar surface area (TPSA) is 57.7 Å². The number of fused-ring (bicyclic) bond motifs is 1. The van der Waals surface area contributed by atoms with Crippen molar-refractivity contribution in [1.82, 2.24) is 4.98 Å². The van der Waals surface area contributed by atoms with Crippen LogP contribution in [0.3, 0.4) is 0 Å². The molecule has 2 aliphatic rings. The Balaban J connectivity index is 1.24. The highest BCUT2D eigenvalue weighted by Gasteiger charge is 2.50. The largest absolute Gasteiger partial charge is 0.489 e. The zero-order valence-corrected chi connectivity index (χ0v) is 13.6. The molecule has 1 aromatic carbocycles. The number of pyridine rings is 1. The quantitative estimate of drug-likeness (QED) is 0.624. The smallest absolute Gasteiger partial charge is 0.309 e. The first-order chi connectivity index (χ1) is 11.8. The van der Waals surface area contributed by atoms with Crippen LogP contribution in [-0.2, 0) is 14.3 Å². The molecule has 1 saturated heterocycles. The van der Waals surface area contributed by atoms with Crippen LogP contribution in [0.5, 0.6) is 5.75 Å². The molecule has 126 valence electrons. The Hall–Kier alpha value is -2.14. The van der Waals surface area contributed by atoms with E-state index in [9.17, 15) is 4.79 Å². The Bertz CT molecular complexity index is 726. The van der Waals surface area contributed by atoms with Gasteiger partial charge in [-0.1, -0.05) is 12.1 Å². The van der Waals surface area contributed by atoms with E-state index < -0.39 is 0 Å². The summed E-state index contributed by atoms with van der Waals surface area (Å²) in [6.45, 7) is 1.43. The zero-order chi connectivity index (χ0) is 16.4. The average molecular weight is 327 g/mol. The molecular weight excluding hydrogens is 306 g/mol. The summed E-state index contributed by atoms with van der Waals surface area (Å²) in [5, 5.41) is 0.964. The van der Waals surface area contributed by atoms with Crippen molar-refractivity contribution in [2.45, 2.75) is 31.3 Å². The van der Waals surface area contributed by atoms with Gasteiger partial charge in [-0.15, -0.1) is 0 Å². The number of carbonyl (C=O) groups is 1. The highest BCUT2D eigenvalue weighted by atomic mass is 16.6. The van der Waals surface area contributed by atoms with Gasteiger partial charge in [-0.25, -0.2) is 0 Å². The lowest BCUT2D eigenvalue weighted by Gasteiger charge is -2.42. The van der Waals surface area contributed by atoms with Crippen LogP contribution >= 0.6 is 0 Å². The van der Waals surface area contributed by atoms with Gasteiger partial charge in [-0.3, -0.25) is 9.78 Å². The van der Waals surface area contributed by atoms with Gasteiger partial charge >= 0.3 is 5.97 Å². The maximum atomic E-state index is 12.0. The fourth-order valence-corrected chi connectivity index (χ4v) is 3.69. The molecule has 1 spiro atoms. The number of rotatable bonds is 5. The van der Waals surface area contributed by atoms with E-state index in [1.807, 2.05) is 30.3 Å². The Kier molecular flexibility index (Phi) is 4.10. The third-order valence-electron chi connectivity index (χ3n) is 4.95. The minimum atomic E-state index is -0.126. The van der Waals surface area contributed by atoms with E-state index in [2.05, 4.69) is 4.98 Å². The molecular formula is C19H21NO4. The standard InChI is InChI=1S/C19H21NO4/c21-18(14-12-19(13-14)7-3-9-24-19)23-11-10-22-17-6-8-20-16-5-2-1-4-15(16)17/h1-2,4-6,8,14H,3,7,9-13H2. The summed E-state index contributed by atoms with van der Waals surface area (Å²) >= 11 is 0. The second-order valence-corrected chi connectivity index (χ2v) is 6.58. The number of nitrogens with zero attached hydrogens (tertiary/aromatic N) is 1. The second-order valence-electron chi connectivity index (χ2n) is 6.58. The zero-order valence-electron chi connectivity index (χ0n) is 13.6. The van der Waals surface area contributed by atoms with Crippen LogP contribution in [0.15, 0.2) is 36.5 Å². The molecule has 1 aliphatic carbocycles. The second kappa shape index (κ2) is 6.40. The van der Waals surface area contributed by atoms with E-state index in [-0.39, 0.29) is 24.1 Å². The molecule has 4 rings (SSSR count). The van der Waals surface area contributed by atoms with Crippen LogP contribution < -0.4 is 4.74 Å². The number of hydrogen-bond donors (Lipinski definition) is 0. The van der Waals surface area contributed by atoms with E-state index in [1.165, 1.54) is 0 Å². The van der Waals surface area contributed by atoms with Crippen molar-refractivity contribution in [2.24, 2.45) is 5.92 Å². The monoisotopic (exact) mass is 327 g/mol. The van der Waals surface area contributed by atoms with Crippen LogP contribution in [0.4, 0.5) is 0 Å². The van der Waals surface area contributed by atoms with Crippen LogP contribution in [0.1, 0.15) is 25.7 Å². The summed E-state index contributed by atoms with van der Waals surface area (Å²) in [6, 6.07) is 9.64. The molecule has 0 unspecified atom stereocenters. The van der Waals surface area contributed by atoms with Gasteiger partial charge in [0.05, 0.1) is 17.0 Å². The summed E-state index contributed by atoms with van der Waals surface area (Å²) in [5.41, 5.74) is 0.874. The van der Waals surface area contributed by atoms with Gasteiger partial charge < -0.3 is 14.2 Å². The molecule has 24 heavy (non-hydrogen) atoms. The van der Waals surface area contributed by atoms with E-state index in [4.69, 9.17) is 14.2 Å². The normalized spacial score (nSPS) is 25.6. The first-order valence-corrected chi connectivity index (χ1v) is 8.53. The summed E-state index contributed by atoms with van der Waals surface area (Å²) < 4.78 is 16.8. The highest BCUT2D eigenvalue weighted by Crippen LogP contribution is 2.47. The lowest BCUT2D eigenvalue weighted by Crippen LogP contribution is -2.47. The van der Waals surface area contributed by atoms with Crippen molar-refractivity contribution < 1.29 is 19.0 Å². The SMILES string of the molecule is O=C(OCCOc1ccnc2ccccc12)C1CC2(CCCO2)C1. The molecule has 0 amide bonds. The molecule has 2 fully saturated rings. The van der Waals surface area contributed by atoms with Crippen LogP contribution in [0.25, 0.3) is 10.9 Å². The van der Waals surface area contributed by atoms with Gasteiger partial charge in [-0.05, 0) is 43.9 Å². The van der Waals surface area contributed by atoms with Crippen molar-refractivity contribution in [3.63, 3.8) is 0 Å². The highest BCUT2D eigenvalue weighted by molar-refractivity contribution is 5.84. The molecule has 0 radical (unpaired) electrons. The Labute approximate surface area is 140 Å². The van der Waals surface area contributed by atoms with Gasteiger partial charge in [-0.2, -0.15) is 0 Å². The Morgan fingerprint density at radius 1 is 1.25 bits per heavy atom. The van der Waals surface area contributed by atoms with Crippen molar-refractivity contribution in [1.29, 1.82) is 0 Å². The molecule has 2 heterocycles. The summed E-state index contributed by atoms with van der Waals surface area (Å²) in [5.74, 6) is 0.628. The van der Waals surface area contributed by atoms with Gasteiger partial charge in [0.15, 0.2) is 0 Å². The molecule has 1 aromatic heterocycles. The summed E-state index contributed by atoms with van der Waals surface area (Å²) in [4.78, 5) is 16.3. The predicted octanol–water partition coefficient (Wildman–Crippen LogP) is 3.12. The molecule has 5 nitrogen and oxygen atoms in total. The number of benzene rings is 1. The third-order valence-corrected chi connectivity index (χ3v) is 4.95. The molecule has 0 atom stereocenters. The number of esters is 1. The van der Waals surface area contributed by atoms with Gasteiger partial charge in [0.2, 0.25) is 0 Å². The van der Waals surface area contributed by atoms with Gasteiger partial charge in [0.25, 0.3) is 0 Å². The van der Waals surface area contributed by atoms with Crippen LogP contribution in [0.2, 0.25) is 0 Å². The summed E-state index contributed by atoms with van der Waals surface area (Å²) in [7, 11) is 0. The third kappa shape index (κ3) is 2.96. The van der Waals surface area contributed by atoms with E-state index in [0.717, 1.165) is 48.9 Å². The Morgan fingerprint density at radius 3 is 2.96 bits per heavy atom. The fraction of sp³-hybridized carbons (Fsp3) is 0.474. The number of hydrogen-bond acceptors (Lipinski definition) is 5. The molecule has 1 saturated carbocycles. The van der Waals surface area contributed by atoms with Gasteiger partial charge in [0.1, 0.15) is 19.0 Å². The lowest BCUT2D eigenvalue weighted by atomic mass is 9.69. The fourth-order valence-electron chi connectivity index (χ4n) is 3.69. The number of aromatic nitrogens is 1. The average Bonchev–Trinajstić information content (AvgIpc) is 3.07. The van der Waals surface area contributed by atoms with Gasteiger partial charge in [0, 0.05) is 18.2 Å². The lowest BCUT2D eigenvalue weighted by molar-refractivity contribution is -0.166. The Morgan fingerprint density at radius 2 is 2.12 bits per heavy atom. The number of carbonyl (C=O) groups excluding carboxylic acids is 1.